The second kappa shape index (κ2) is 8.78. The number of rotatable bonds is 6. The Bertz CT molecular complexity index is 926. The minimum absolute atomic E-state index is 0.110. The molecule has 3 aromatic rings. The molecule has 0 bridgehead atoms. The van der Waals surface area contributed by atoms with Gasteiger partial charge in [0, 0.05) is 27.8 Å². The summed E-state index contributed by atoms with van der Waals surface area (Å²) in [5.41, 5.74) is 1.63. The number of hydrogen-bond donors (Lipinski definition) is 1. The number of thioether (sulfide) groups is 1. The van der Waals surface area contributed by atoms with Crippen molar-refractivity contribution < 1.29 is 4.79 Å². The Kier molecular flexibility index (Phi) is 6.42. The minimum atomic E-state index is -0.340. The van der Waals surface area contributed by atoms with E-state index in [2.05, 4.69) is 15.5 Å². The molecular formula is C19H18Cl2N4OS. The van der Waals surface area contributed by atoms with Crippen molar-refractivity contribution >= 4 is 46.6 Å². The fraction of sp³-hybridized carbons (Fsp3) is 0.211. The van der Waals surface area contributed by atoms with Gasteiger partial charge in [-0.1, -0.05) is 35.0 Å². The van der Waals surface area contributed by atoms with E-state index in [9.17, 15) is 4.79 Å². The van der Waals surface area contributed by atoms with Gasteiger partial charge in [0.2, 0.25) is 5.91 Å². The molecule has 3 rings (SSSR count). The maximum Gasteiger partial charge on any atom is 0.237 e. The molecular weight excluding hydrogens is 403 g/mol. The first-order chi connectivity index (χ1) is 13.0. The highest BCUT2D eigenvalue weighted by atomic mass is 35.5. The Morgan fingerprint density at radius 3 is 2.26 bits per heavy atom. The van der Waals surface area contributed by atoms with Crippen LogP contribution >= 0.6 is 35.0 Å². The molecule has 1 heterocycles. The lowest BCUT2D eigenvalue weighted by atomic mass is 10.2. The van der Waals surface area contributed by atoms with E-state index < -0.39 is 0 Å². The average molecular weight is 421 g/mol. The normalized spacial score (nSPS) is 12.0. The summed E-state index contributed by atoms with van der Waals surface area (Å²) >= 11 is 13.2. The summed E-state index contributed by atoms with van der Waals surface area (Å²) in [6.45, 7) is 4.55. The number of anilines is 1. The van der Waals surface area contributed by atoms with E-state index in [0.29, 0.717) is 27.4 Å². The van der Waals surface area contributed by atoms with Crippen molar-refractivity contribution in [3.05, 3.63) is 58.6 Å². The van der Waals surface area contributed by atoms with Gasteiger partial charge in [-0.3, -0.25) is 4.79 Å². The molecule has 1 N–H and O–H groups in total. The Morgan fingerprint density at radius 1 is 1.07 bits per heavy atom. The quantitative estimate of drug-likeness (QED) is 0.542. The van der Waals surface area contributed by atoms with Crippen LogP contribution in [0.25, 0.3) is 11.4 Å². The number of nitrogens with zero attached hydrogens (tertiary/aromatic N) is 3. The van der Waals surface area contributed by atoms with E-state index in [1.807, 2.05) is 42.7 Å². The Labute approximate surface area is 172 Å². The van der Waals surface area contributed by atoms with Gasteiger partial charge in [-0.25, -0.2) is 0 Å². The number of hydrogen-bond acceptors (Lipinski definition) is 4. The summed E-state index contributed by atoms with van der Waals surface area (Å²) in [5, 5.41) is 13.1. The Morgan fingerprint density at radius 2 is 1.67 bits per heavy atom. The number of benzene rings is 2. The van der Waals surface area contributed by atoms with Gasteiger partial charge in [0.15, 0.2) is 11.0 Å². The zero-order valence-corrected chi connectivity index (χ0v) is 17.1. The molecule has 1 aromatic heterocycles. The number of nitrogens with one attached hydrogen (secondary N) is 1. The first-order valence-corrected chi connectivity index (χ1v) is 10.0. The fourth-order valence-electron chi connectivity index (χ4n) is 2.46. The number of carbonyl (C=O) groups is 1. The molecule has 0 spiro atoms. The van der Waals surface area contributed by atoms with Crippen LogP contribution in [0.2, 0.25) is 10.0 Å². The molecule has 0 fully saturated rings. The molecule has 27 heavy (non-hydrogen) atoms. The summed E-state index contributed by atoms with van der Waals surface area (Å²) in [7, 11) is 0. The standard InChI is InChI=1S/C19H18Cl2N4OS/c1-3-25-17(13-4-6-14(20)7-5-13)23-24-19(25)27-12(2)18(26)22-16-10-8-15(21)9-11-16/h4-12H,3H2,1-2H3,(H,22,26). The summed E-state index contributed by atoms with van der Waals surface area (Å²) in [6, 6.07) is 14.5. The van der Waals surface area contributed by atoms with Gasteiger partial charge < -0.3 is 9.88 Å². The average Bonchev–Trinajstić information content (AvgIpc) is 3.06. The van der Waals surface area contributed by atoms with Crippen LogP contribution in [0.15, 0.2) is 53.7 Å². The van der Waals surface area contributed by atoms with Crippen molar-refractivity contribution in [3.8, 4) is 11.4 Å². The molecule has 2 aromatic carbocycles. The Balaban J connectivity index is 1.73. The zero-order chi connectivity index (χ0) is 19.4. The summed E-state index contributed by atoms with van der Waals surface area (Å²) < 4.78 is 1.99. The predicted octanol–water partition coefficient (Wildman–Crippen LogP) is 5.39. The topological polar surface area (TPSA) is 59.8 Å². The van der Waals surface area contributed by atoms with Crippen LogP contribution in [0.1, 0.15) is 13.8 Å². The van der Waals surface area contributed by atoms with Crippen LogP contribution in [0.3, 0.4) is 0 Å². The molecule has 0 aliphatic heterocycles. The highest BCUT2D eigenvalue weighted by molar-refractivity contribution is 8.00. The largest absolute Gasteiger partial charge is 0.325 e. The van der Waals surface area contributed by atoms with E-state index in [0.717, 1.165) is 11.4 Å². The SMILES string of the molecule is CCn1c(SC(C)C(=O)Nc2ccc(Cl)cc2)nnc1-c1ccc(Cl)cc1. The number of amides is 1. The van der Waals surface area contributed by atoms with Gasteiger partial charge in [0.05, 0.1) is 5.25 Å². The molecule has 1 unspecified atom stereocenters. The van der Waals surface area contributed by atoms with Crippen molar-refractivity contribution in [1.29, 1.82) is 0 Å². The third kappa shape index (κ3) is 4.83. The second-order valence-corrected chi connectivity index (χ2v) is 7.99. The number of carbonyl (C=O) groups excluding carboxylic acids is 1. The van der Waals surface area contributed by atoms with Crippen LogP contribution in [-0.2, 0) is 11.3 Å². The highest BCUT2D eigenvalue weighted by Crippen LogP contribution is 2.28. The van der Waals surface area contributed by atoms with E-state index in [1.165, 1.54) is 11.8 Å². The van der Waals surface area contributed by atoms with Gasteiger partial charge in [-0.2, -0.15) is 0 Å². The fourth-order valence-corrected chi connectivity index (χ4v) is 3.63. The molecule has 0 aliphatic rings. The first kappa shape index (κ1) is 19.7. The summed E-state index contributed by atoms with van der Waals surface area (Å²) in [6.07, 6.45) is 0. The van der Waals surface area contributed by atoms with Crippen LogP contribution < -0.4 is 5.32 Å². The third-order valence-electron chi connectivity index (χ3n) is 3.90. The van der Waals surface area contributed by atoms with Gasteiger partial charge in [-0.15, -0.1) is 10.2 Å². The van der Waals surface area contributed by atoms with Crippen molar-refractivity contribution in [1.82, 2.24) is 14.8 Å². The van der Waals surface area contributed by atoms with Gasteiger partial charge in [-0.05, 0) is 62.4 Å². The monoisotopic (exact) mass is 420 g/mol. The van der Waals surface area contributed by atoms with Crippen molar-refractivity contribution in [3.63, 3.8) is 0 Å². The molecule has 1 amide bonds. The van der Waals surface area contributed by atoms with Gasteiger partial charge >= 0.3 is 0 Å². The third-order valence-corrected chi connectivity index (χ3v) is 5.48. The molecule has 140 valence electrons. The maximum atomic E-state index is 12.5. The summed E-state index contributed by atoms with van der Waals surface area (Å²) in [5.74, 6) is 0.642. The van der Waals surface area contributed by atoms with Crippen molar-refractivity contribution in [2.45, 2.75) is 30.8 Å². The molecule has 5 nitrogen and oxygen atoms in total. The Hall–Kier alpha value is -2.02. The molecule has 0 aliphatic carbocycles. The second-order valence-electron chi connectivity index (χ2n) is 5.81. The molecule has 1 atom stereocenters. The lowest BCUT2D eigenvalue weighted by Crippen LogP contribution is -2.22. The molecule has 0 radical (unpaired) electrons. The van der Waals surface area contributed by atoms with Crippen LogP contribution in [0, 0.1) is 0 Å². The smallest absolute Gasteiger partial charge is 0.237 e. The molecule has 0 saturated heterocycles. The zero-order valence-electron chi connectivity index (χ0n) is 14.8. The summed E-state index contributed by atoms with van der Waals surface area (Å²) in [4.78, 5) is 12.5. The lowest BCUT2D eigenvalue weighted by molar-refractivity contribution is -0.115. The van der Waals surface area contributed by atoms with E-state index in [-0.39, 0.29) is 11.2 Å². The van der Waals surface area contributed by atoms with E-state index in [1.54, 1.807) is 24.3 Å². The minimum Gasteiger partial charge on any atom is -0.325 e. The molecule has 8 heteroatoms. The van der Waals surface area contributed by atoms with Crippen LogP contribution in [-0.4, -0.2) is 25.9 Å². The number of halogens is 2. The van der Waals surface area contributed by atoms with Crippen molar-refractivity contribution in [2.75, 3.05) is 5.32 Å². The van der Waals surface area contributed by atoms with Gasteiger partial charge in [0.1, 0.15) is 0 Å². The maximum absolute atomic E-state index is 12.5. The van der Waals surface area contributed by atoms with Crippen molar-refractivity contribution in [2.24, 2.45) is 0 Å². The highest BCUT2D eigenvalue weighted by Gasteiger charge is 2.20. The van der Waals surface area contributed by atoms with Crippen LogP contribution in [0.5, 0.6) is 0 Å². The van der Waals surface area contributed by atoms with Gasteiger partial charge in [0.25, 0.3) is 0 Å². The first-order valence-electron chi connectivity index (χ1n) is 8.40. The van der Waals surface area contributed by atoms with E-state index in [4.69, 9.17) is 23.2 Å². The number of aromatic nitrogens is 3. The van der Waals surface area contributed by atoms with E-state index >= 15 is 0 Å². The lowest BCUT2D eigenvalue weighted by Gasteiger charge is -2.13. The predicted molar refractivity (Wildman–Crippen MR) is 112 cm³/mol. The van der Waals surface area contributed by atoms with Crippen LogP contribution in [0.4, 0.5) is 5.69 Å². The molecule has 0 saturated carbocycles.